The van der Waals surface area contributed by atoms with E-state index in [1.54, 1.807) is 17.5 Å². The number of anilines is 1. The third-order valence-corrected chi connectivity index (χ3v) is 6.22. The molecule has 0 atom stereocenters. The van der Waals surface area contributed by atoms with Crippen molar-refractivity contribution < 1.29 is 4.79 Å². The SMILES string of the molecule is Cc1scc2nc(C(=O)NCCc3cccnc3)nc(N3CCC(C)CC3)c12. The zero-order valence-corrected chi connectivity index (χ0v) is 17.1. The summed E-state index contributed by atoms with van der Waals surface area (Å²) in [5.41, 5.74) is 1.96. The van der Waals surface area contributed by atoms with Gasteiger partial charge in [0, 0.05) is 42.3 Å². The Balaban J connectivity index is 1.54. The van der Waals surface area contributed by atoms with E-state index in [1.165, 1.54) is 4.88 Å². The van der Waals surface area contributed by atoms with Gasteiger partial charge in [-0.25, -0.2) is 9.97 Å². The molecule has 4 rings (SSSR count). The van der Waals surface area contributed by atoms with Gasteiger partial charge in [0.25, 0.3) is 5.91 Å². The summed E-state index contributed by atoms with van der Waals surface area (Å²) >= 11 is 1.66. The van der Waals surface area contributed by atoms with Crippen LogP contribution in [0.3, 0.4) is 0 Å². The van der Waals surface area contributed by atoms with E-state index >= 15 is 0 Å². The molecule has 0 aromatic carbocycles. The first-order chi connectivity index (χ1) is 13.6. The number of hydrogen-bond acceptors (Lipinski definition) is 6. The zero-order valence-electron chi connectivity index (χ0n) is 16.3. The molecular formula is C21H25N5OS. The second-order valence-corrected chi connectivity index (χ2v) is 8.54. The highest BCUT2D eigenvalue weighted by atomic mass is 32.1. The van der Waals surface area contributed by atoms with Crippen LogP contribution in [-0.2, 0) is 6.42 Å². The molecule has 0 bridgehead atoms. The number of pyridine rings is 1. The maximum Gasteiger partial charge on any atom is 0.289 e. The van der Waals surface area contributed by atoms with Gasteiger partial charge in [0.1, 0.15) is 5.82 Å². The Bertz CT molecular complexity index is 964. The summed E-state index contributed by atoms with van der Waals surface area (Å²) in [6.45, 7) is 6.88. The molecule has 1 aliphatic rings. The van der Waals surface area contributed by atoms with E-state index in [9.17, 15) is 4.79 Å². The minimum Gasteiger partial charge on any atom is -0.356 e. The highest BCUT2D eigenvalue weighted by Crippen LogP contribution is 2.33. The Hall–Kier alpha value is -2.54. The van der Waals surface area contributed by atoms with E-state index in [0.29, 0.717) is 6.54 Å². The van der Waals surface area contributed by atoms with Crippen LogP contribution in [0.25, 0.3) is 10.9 Å². The van der Waals surface area contributed by atoms with Crippen molar-refractivity contribution in [2.75, 3.05) is 24.5 Å². The Kier molecular flexibility index (Phi) is 5.52. The molecule has 1 fully saturated rings. The number of rotatable bonds is 5. The number of nitrogens with zero attached hydrogens (tertiary/aromatic N) is 4. The highest BCUT2D eigenvalue weighted by molar-refractivity contribution is 7.11. The van der Waals surface area contributed by atoms with Crippen molar-refractivity contribution in [3.05, 3.63) is 46.2 Å². The summed E-state index contributed by atoms with van der Waals surface area (Å²) in [7, 11) is 0. The van der Waals surface area contributed by atoms with Crippen LogP contribution < -0.4 is 10.2 Å². The third kappa shape index (κ3) is 3.99. The molecule has 0 unspecified atom stereocenters. The first-order valence-corrected chi connectivity index (χ1v) is 10.7. The monoisotopic (exact) mass is 395 g/mol. The van der Waals surface area contributed by atoms with Crippen molar-refractivity contribution in [1.29, 1.82) is 0 Å². The van der Waals surface area contributed by atoms with Crippen molar-refractivity contribution in [2.45, 2.75) is 33.1 Å². The van der Waals surface area contributed by atoms with E-state index in [2.05, 4.69) is 34.0 Å². The second kappa shape index (κ2) is 8.22. The molecule has 0 radical (unpaired) electrons. The minimum atomic E-state index is -0.221. The van der Waals surface area contributed by atoms with Gasteiger partial charge in [0.2, 0.25) is 5.82 Å². The molecule has 146 valence electrons. The van der Waals surface area contributed by atoms with Crippen LogP contribution in [0.2, 0.25) is 0 Å². The fourth-order valence-corrected chi connectivity index (χ4v) is 4.36. The van der Waals surface area contributed by atoms with Gasteiger partial charge < -0.3 is 10.2 Å². The van der Waals surface area contributed by atoms with Crippen LogP contribution in [-0.4, -0.2) is 40.5 Å². The Morgan fingerprint density at radius 1 is 1.32 bits per heavy atom. The zero-order chi connectivity index (χ0) is 19.5. The quantitative estimate of drug-likeness (QED) is 0.715. The van der Waals surface area contributed by atoms with Crippen LogP contribution in [0.5, 0.6) is 0 Å². The maximum absolute atomic E-state index is 12.7. The number of carbonyl (C=O) groups excluding carboxylic acids is 1. The Morgan fingerprint density at radius 3 is 2.89 bits per heavy atom. The average Bonchev–Trinajstić information content (AvgIpc) is 3.10. The number of aryl methyl sites for hydroxylation is 1. The van der Waals surface area contributed by atoms with Gasteiger partial charge >= 0.3 is 0 Å². The lowest BCUT2D eigenvalue weighted by molar-refractivity contribution is 0.0944. The van der Waals surface area contributed by atoms with Gasteiger partial charge in [-0.2, -0.15) is 0 Å². The fourth-order valence-electron chi connectivity index (χ4n) is 3.59. The minimum absolute atomic E-state index is 0.221. The smallest absolute Gasteiger partial charge is 0.289 e. The predicted molar refractivity (Wildman–Crippen MR) is 113 cm³/mol. The highest BCUT2D eigenvalue weighted by Gasteiger charge is 2.23. The van der Waals surface area contributed by atoms with Gasteiger partial charge in [0.15, 0.2) is 0 Å². The van der Waals surface area contributed by atoms with Gasteiger partial charge in [0.05, 0.1) is 10.9 Å². The summed E-state index contributed by atoms with van der Waals surface area (Å²) in [6.07, 6.45) is 6.61. The first kappa shape index (κ1) is 18.8. The second-order valence-electron chi connectivity index (χ2n) is 7.46. The molecule has 1 aliphatic heterocycles. The molecule has 3 aromatic rings. The summed E-state index contributed by atoms with van der Waals surface area (Å²) in [4.78, 5) is 29.6. The molecule has 1 amide bonds. The summed E-state index contributed by atoms with van der Waals surface area (Å²) < 4.78 is 0. The van der Waals surface area contributed by atoms with E-state index in [0.717, 1.165) is 60.6 Å². The molecular weight excluding hydrogens is 370 g/mol. The van der Waals surface area contributed by atoms with Crippen molar-refractivity contribution in [1.82, 2.24) is 20.3 Å². The Morgan fingerprint density at radius 2 is 2.14 bits per heavy atom. The summed E-state index contributed by atoms with van der Waals surface area (Å²) in [5.74, 6) is 1.69. The lowest BCUT2D eigenvalue weighted by atomic mass is 9.99. The van der Waals surface area contributed by atoms with Crippen molar-refractivity contribution in [2.24, 2.45) is 5.92 Å². The molecule has 28 heavy (non-hydrogen) atoms. The lowest BCUT2D eigenvalue weighted by Gasteiger charge is -2.31. The predicted octanol–water partition coefficient (Wildman–Crippen LogP) is 3.60. The number of amides is 1. The largest absolute Gasteiger partial charge is 0.356 e. The number of aromatic nitrogens is 3. The summed E-state index contributed by atoms with van der Waals surface area (Å²) in [6, 6.07) is 3.91. The summed E-state index contributed by atoms with van der Waals surface area (Å²) in [5, 5.41) is 6.06. The Labute approximate surface area is 169 Å². The first-order valence-electron chi connectivity index (χ1n) is 9.79. The van der Waals surface area contributed by atoms with Crippen molar-refractivity contribution in [3.8, 4) is 0 Å². The molecule has 4 heterocycles. The number of carbonyl (C=O) groups is 1. The molecule has 1 saturated heterocycles. The fraction of sp³-hybridized carbons (Fsp3) is 0.429. The maximum atomic E-state index is 12.7. The van der Waals surface area contributed by atoms with Crippen molar-refractivity contribution >= 4 is 34.0 Å². The van der Waals surface area contributed by atoms with Gasteiger partial charge in [-0.15, -0.1) is 11.3 Å². The van der Waals surface area contributed by atoms with Crippen LogP contribution in [0.1, 0.15) is 40.8 Å². The van der Waals surface area contributed by atoms with E-state index in [1.807, 2.05) is 23.7 Å². The van der Waals surface area contributed by atoms with E-state index < -0.39 is 0 Å². The van der Waals surface area contributed by atoms with E-state index in [-0.39, 0.29) is 11.7 Å². The lowest BCUT2D eigenvalue weighted by Crippen LogP contribution is -2.34. The van der Waals surface area contributed by atoms with Crippen LogP contribution >= 0.6 is 11.3 Å². The third-order valence-electron chi connectivity index (χ3n) is 5.33. The molecule has 0 aliphatic carbocycles. The molecule has 7 heteroatoms. The number of hydrogen-bond donors (Lipinski definition) is 1. The van der Waals surface area contributed by atoms with E-state index in [4.69, 9.17) is 4.98 Å². The van der Waals surface area contributed by atoms with Crippen LogP contribution in [0, 0.1) is 12.8 Å². The molecule has 0 spiro atoms. The molecule has 0 saturated carbocycles. The normalized spacial score (nSPS) is 15.1. The number of fused-ring (bicyclic) bond motifs is 1. The topological polar surface area (TPSA) is 71.0 Å². The molecule has 6 nitrogen and oxygen atoms in total. The van der Waals surface area contributed by atoms with Gasteiger partial charge in [-0.3, -0.25) is 9.78 Å². The molecule has 3 aromatic heterocycles. The van der Waals surface area contributed by atoms with Crippen molar-refractivity contribution in [3.63, 3.8) is 0 Å². The number of thiophene rings is 1. The average molecular weight is 396 g/mol. The van der Waals surface area contributed by atoms with Crippen LogP contribution in [0.4, 0.5) is 5.82 Å². The molecule has 1 N–H and O–H groups in total. The number of piperidine rings is 1. The van der Waals surface area contributed by atoms with Crippen LogP contribution in [0.15, 0.2) is 29.9 Å². The van der Waals surface area contributed by atoms with Gasteiger partial charge in [-0.1, -0.05) is 13.0 Å². The number of nitrogens with one attached hydrogen (secondary N) is 1. The van der Waals surface area contributed by atoms with Gasteiger partial charge in [-0.05, 0) is 43.7 Å². The standard InChI is InChI=1S/C21H25N5OS/c1-14-6-10-26(11-7-14)20-18-15(2)28-13-17(18)24-19(25-20)21(27)23-9-5-16-4-3-8-22-12-16/h3-4,8,12-14H,5-7,9-11H2,1-2H3,(H,23,27).